The number of esters is 1. The number of anilines is 1. The molecule has 2 aromatic carbocycles. The van der Waals surface area contributed by atoms with Gasteiger partial charge in [-0.2, -0.15) is 0 Å². The van der Waals surface area contributed by atoms with Gasteiger partial charge in [0.15, 0.2) is 0 Å². The number of hydrogen-bond donors (Lipinski definition) is 1. The highest BCUT2D eigenvalue weighted by Gasteiger charge is 2.67. The van der Waals surface area contributed by atoms with Crippen LogP contribution >= 0.6 is 27.5 Å². The van der Waals surface area contributed by atoms with E-state index in [9.17, 15) is 14.4 Å². The molecule has 0 aliphatic carbocycles. The molecule has 9 heteroatoms. The maximum atomic E-state index is 14.0. The number of rotatable bonds is 2. The summed E-state index contributed by atoms with van der Waals surface area (Å²) in [4.78, 5) is 42.4. The second kappa shape index (κ2) is 7.49. The summed E-state index contributed by atoms with van der Waals surface area (Å²) in [5, 5.41) is 3.34. The van der Waals surface area contributed by atoms with Gasteiger partial charge in [0.25, 0.3) is 11.8 Å². The summed E-state index contributed by atoms with van der Waals surface area (Å²) in [6.07, 6.45) is 0. The number of hydrogen-bond acceptors (Lipinski definition) is 5. The van der Waals surface area contributed by atoms with Gasteiger partial charge in [-0.3, -0.25) is 14.4 Å². The minimum Gasteiger partial charge on any atom is -0.493 e. The standard InChI is InChI=1S/C23H20BrClN2O5/c1-3-31-21(29)18-15-10-32-17-7-5-12(25)9-14(17)19(15)27-20(28)13-8-11(24)4-6-16(13)26-22(30)23(18,27)2/h4-9,15,18-19H,3,10H2,1-2H3,(H,26,30)/t15?,18?,19?,23-/m1/s1. The number of halogens is 2. The molecule has 166 valence electrons. The topological polar surface area (TPSA) is 84.9 Å². The summed E-state index contributed by atoms with van der Waals surface area (Å²) >= 11 is 9.70. The third-order valence-electron chi connectivity index (χ3n) is 6.62. The highest BCUT2D eigenvalue weighted by Crippen LogP contribution is 2.57. The lowest BCUT2D eigenvalue weighted by Crippen LogP contribution is -2.57. The molecule has 0 saturated carbocycles. The van der Waals surface area contributed by atoms with E-state index in [4.69, 9.17) is 21.1 Å². The van der Waals surface area contributed by atoms with E-state index in [1.807, 2.05) is 0 Å². The Morgan fingerprint density at radius 3 is 2.84 bits per heavy atom. The minimum atomic E-state index is -1.49. The van der Waals surface area contributed by atoms with Crippen LogP contribution in [0.25, 0.3) is 0 Å². The largest absolute Gasteiger partial charge is 0.493 e. The number of nitrogens with one attached hydrogen (secondary N) is 1. The van der Waals surface area contributed by atoms with Crippen molar-refractivity contribution in [3.05, 3.63) is 57.0 Å². The van der Waals surface area contributed by atoms with E-state index in [-0.39, 0.29) is 19.1 Å². The van der Waals surface area contributed by atoms with Gasteiger partial charge in [-0.1, -0.05) is 27.5 Å². The predicted molar refractivity (Wildman–Crippen MR) is 121 cm³/mol. The van der Waals surface area contributed by atoms with Gasteiger partial charge in [0, 0.05) is 21.0 Å². The van der Waals surface area contributed by atoms with E-state index in [1.54, 1.807) is 50.2 Å². The van der Waals surface area contributed by atoms with Crippen LogP contribution in [0, 0.1) is 11.8 Å². The number of benzene rings is 2. The Bertz CT molecular complexity index is 1170. The van der Waals surface area contributed by atoms with Gasteiger partial charge in [-0.25, -0.2) is 0 Å². The molecule has 2 amide bonds. The molecule has 1 N–H and O–H groups in total. The van der Waals surface area contributed by atoms with Crippen LogP contribution in [-0.2, 0) is 14.3 Å². The second-order valence-electron chi connectivity index (χ2n) is 8.30. The van der Waals surface area contributed by atoms with Gasteiger partial charge in [-0.15, -0.1) is 0 Å². The normalized spacial score (nSPS) is 27.9. The van der Waals surface area contributed by atoms with Crippen molar-refractivity contribution >= 4 is 51.0 Å². The Kier molecular flexibility index (Phi) is 4.98. The van der Waals surface area contributed by atoms with Gasteiger partial charge >= 0.3 is 5.97 Å². The summed E-state index contributed by atoms with van der Waals surface area (Å²) in [6.45, 7) is 3.67. The van der Waals surface area contributed by atoms with Crippen molar-refractivity contribution in [2.75, 3.05) is 18.5 Å². The highest BCUT2D eigenvalue weighted by molar-refractivity contribution is 9.10. The van der Waals surface area contributed by atoms with Crippen molar-refractivity contribution in [1.82, 2.24) is 4.90 Å². The molecule has 3 aliphatic heterocycles. The molecular formula is C23H20BrClN2O5. The lowest BCUT2D eigenvalue weighted by Gasteiger charge is -2.38. The number of carbonyl (C=O) groups is 3. The predicted octanol–water partition coefficient (Wildman–Crippen LogP) is 4.20. The van der Waals surface area contributed by atoms with Crippen molar-refractivity contribution in [2.45, 2.75) is 25.4 Å². The SMILES string of the molecule is CCOC(=O)C1C2COc3ccc(Cl)cc3C2N2C(=O)c3cc(Br)ccc3NC(=O)[C@@]12C. The van der Waals surface area contributed by atoms with Crippen LogP contribution in [-0.4, -0.2) is 41.4 Å². The van der Waals surface area contributed by atoms with Crippen molar-refractivity contribution < 1.29 is 23.9 Å². The van der Waals surface area contributed by atoms with E-state index in [0.29, 0.717) is 32.1 Å². The Labute approximate surface area is 198 Å². The molecular weight excluding hydrogens is 500 g/mol. The molecule has 1 saturated heterocycles. The van der Waals surface area contributed by atoms with Crippen LogP contribution in [0.1, 0.15) is 35.8 Å². The Balaban J connectivity index is 1.77. The lowest BCUT2D eigenvalue weighted by atomic mass is 9.77. The summed E-state index contributed by atoms with van der Waals surface area (Å²) in [7, 11) is 0. The molecule has 7 nitrogen and oxygen atoms in total. The summed E-state index contributed by atoms with van der Waals surface area (Å²) < 4.78 is 12.0. The van der Waals surface area contributed by atoms with Crippen LogP contribution in [0.3, 0.4) is 0 Å². The van der Waals surface area contributed by atoms with Gasteiger partial charge in [0.1, 0.15) is 11.3 Å². The maximum absolute atomic E-state index is 14.0. The molecule has 0 bridgehead atoms. The van der Waals surface area contributed by atoms with E-state index in [2.05, 4.69) is 21.2 Å². The van der Waals surface area contributed by atoms with Crippen LogP contribution < -0.4 is 10.1 Å². The summed E-state index contributed by atoms with van der Waals surface area (Å²) in [5.74, 6) is -2.14. The molecule has 0 spiro atoms. The van der Waals surface area contributed by atoms with Gasteiger partial charge in [-0.05, 0) is 50.2 Å². The molecule has 4 atom stereocenters. The van der Waals surface area contributed by atoms with E-state index < -0.39 is 35.3 Å². The smallest absolute Gasteiger partial charge is 0.312 e. The zero-order valence-corrected chi connectivity index (χ0v) is 19.7. The molecule has 0 aromatic heterocycles. The lowest BCUT2D eigenvalue weighted by molar-refractivity contribution is -0.155. The van der Waals surface area contributed by atoms with Crippen molar-refractivity contribution in [2.24, 2.45) is 11.8 Å². The van der Waals surface area contributed by atoms with Crippen LogP contribution in [0.5, 0.6) is 5.75 Å². The van der Waals surface area contributed by atoms with Crippen LogP contribution in [0.2, 0.25) is 5.02 Å². The van der Waals surface area contributed by atoms with Crippen molar-refractivity contribution in [1.29, 1.82) is 0 Å². The first-order chi connectivity index (χ1) is 15.3. The monoisotopic (exact) mass is 518 g/mol. The third kappa shape index (κ3) is 2.89. The first-order valence-corrected chi connectivity index (χ1v) is 11.5. The number of carbonyl (C=O) groups excluding carboxylic acids is 3. The first kappa shape index (κ1) is 21.3. The highest BCUT2D eigenvalue weighted by atomic mass is 79.9. The molecule has 32 heavy (non-hydrogen) atoms. The molecule has 1 fully saturated rings. The third-order valence-corrected chi connectivity index (χ3v) is 7.35. The minimum absolute atomic E-state index is 0.162. The fraction of sp³-hybridized carbons (Fsp3) is 0.348. The second-order valence-corrected chi connectivity index (χ2v) is 9.65. The summed E-state index contributed by atoms with van der Waals surface area (Å²) in [6, 6.07) is 9.71. The number of amides is 2. The Morgan fingerprint density at radius 1 is 1.31 bits per heavy atom. The summed E-state index contributed by atoms with van der Waals surface area (Å²) in [5.41, 5.74) is -0.0743. The van der Waals surface area contributed by atoms with Crippen LogP contribution in [0.4, 0.5) is 5.69 Å². The van der Waals surface area contributed by atoms with Crippen molar-refractivity contribution in [3.63, 3.8) is 0 Å². The zero-order chi connectivity index (χ0) is 22.8. The van der Waals surface area contributed by atoms with E-state index >= 15 is 0 Å². The maximum Gasteiger partial charge on any atom is 0.312 e. The zero-order valence-electron chi connectivity index (χ0n) is 17.4. The average molecular weight is 520 g/mol. The van der Waals surface area contributed by atoms with E-state index in [1.165, 1.54) is 4.90 Å². The van der Waals surface area contributed by atoms with Gasteiger partial charge in [0.2, 0.25) is 0 Å². The molecule has 3 aliphatic rings. The number of fused-ring (bicyclic) bond motifs is 6. The Morgan fingerprint density at radius 2 is 2.09 bits per heavy atom. The molecule has 0 radical (unpaired) electrons. The van der Waals surface area contributed by atoms with E-state index in [0.717, 1.165) is 0 Å². The first-order valence-electron chi connectivity index (χ1n) is 10.3. The Hall–Kier alpha value is -2.58. The molecule has 5 rings (SSSR count). The number of nitrogens with zero attached hydrogens (tertiary/aromatic N) is 1. The molecule has 3 heterocycles. The van der Waals surface area contributed by atoms with Crippen molar-refractivity contribution in [3.8, 4) is 5.75 Å². The van der Waals surface area contributed by atoms with Crippen LogP contribution in [0.15, 0.2) is 40.9 Å². The average Bonchev–Trinajstić information content (AvgIpc) is 3.00. The fourth-order valence-corrected chi connectivity index (χ4v) is 5.80. The molecule has 2 aromatic rings. The van der Waals surface area contributed by atoms with Gasteiger partial charge < -0.3 is 19.7 Å². The quantitative estimate of drug-likeness (QED) is 0.601. The van der Waals surface area contributed by atoms with Gasteiger partial charge in [0.05, 0.1) is 36.4 Å². The molecule has 3 unspecified atom stereocenters. The number of ether oxygens (including phenoxy) is 2. The fourth-order valence-electron chi connectivity index (χ4n) is 5.26.